The van der Waals surface area contributed by atoms with Gasteiger partial charge in [-0.15, -0.1) is 0 Å². The molecule has 1 unspecified atom stereocenters. The van der Waals surface area contributed by atoms with Crippen molar-refractivity contribution in [3.05, 3.63) is 12.2 Å². The number of morpholine rings is 1. The summed E-state index contributed by atoms with van der Waals surface area (Å²) in [5, 5.41) is 6.56. The van der Waals surface area contributed by atoms with Crippen LogP contribution in [-0.4, -0.2) is 51.5 Å². The summed E-state index contributed by atoms with van der Waals surface area (Å²) in [6, 6.07) is -0.268. The Morgan fingerprint density at radius 2 is 2.39 bits per heavy atom. The Hall–Kier alpha value is -1.63. The smallest absolute Gasteiger partial charge is 0.411 e. The summed E-state index contributed by atoms with van der Waals surface area (Å²) in [6.45, 7) is 6.91. The molecule has 0 saturated carbocycles. The number of rotatable bonds is 1. The van der Waals surface area contributed by atoms with E-state index in [1.54, 1.807) is 4.90 Å². The van der Waals surface area contributed by atoms with E-state index in [0.29, 0.717) is 25.6 Å². The van der Waals surface area contributed by atoms with Crippen LogP contribution < -0.4 is 0 Å². The van der Waals surface area contributed by atoms with E-state index in [4.69, 9.17) is 9.47 Å². The number of aromatic amines is 1. The number of H-pyrrole nitrogens is 1. The van der Waals surface area contributed by atoms with Gasteiger partial charge < -0.3 is 9.47 Å². The summed E-state index contributed by atoms with van der Waals surface area (Å²) < 4.78 is 10.8. The van der Waals surface area contributed by atoms with E-state index in [9.17, 15) is 4.79 Å². The predicted molar refractivity (Wildman–Crippen MR) is 62.9 cm³/mol. The van der Waals surface area contributed by atoms with E-state index >= 15 is 0 Å². The van der Waals surface area contributed by atoms with Gasteiger partial charge in [-0.25, -0.2) is 9.78 Å². The Kier molecular flexibility index (Phi) is 3.51. The molecular weight excluding hydrogens is 236 g/mol. The largest absolute Gasteiger partial charge is 0.444 e. The number of carbonyl (C=O) groups excluding carboxylic acids is 1. The van der Waals surface area contributed by atoms with Crippen molar-refractivity contribution < 1.29 is 14.3 Å². The van der Waals surface area contributed by atoms with Crippen LogP contribution in [0, 0.1) is 0 Å². The van der Waals surface area contributed by atoms with E-state index in [0.717, 1.165) is 0 Å². The van der Waals surface area contributed by atoms with Gasteiger partial charge in [0.1, 0.15) is 23.8 Å². The number of aromatic nitrogens is 3. The molecule has 100 valence electrons. The third kappa shape index (κ3) is 2.98. The number of hydrogen-bond donors (Lipinski definition) is 1. The van der Waals surface area contributed by atoms with E-state index < -0.39 is 5.60 Å². The highest BCUT2D eigenvalue weighted by Gasteiger charge is 2.33. The van der Waals surface area contributed by atoms with Crippen LogP contribution >= 0.6 is 0 Å². The van der Waals surface area contributed by atoms with E-state index in [1.165, 1.54) is 6.33 Å². The SMILES string of the molecule is CC(C)(C)OC(=O)N1CCOCC1c1ncn[nH]1. The minimum atomic E-state index is -0.513. The first-order valence-electron chi connectivity index (χ1n) is 5.90. The zero-order valence-corrected chi connectivity index (χ0v) is 10.8. The lowest BCUT2D eigenvalue weighted by molar-refractivity contribution is -0.0350. The second-order valence-electron chi connectivity index (χ2n) is 5.14. The minimum absolute atomic E-state index is 0.268. The van der Waals surface area contributed by atoms with Gasteiger partial charge in [0, 0.05) is 6.54 Å². The molecule has 1 N–H and O–H groups in total. The number of carbonyl (C=O) groups is 1. The maximum atomic E-state index is 12.1. The summed E-state index contributed by atoms with van der Waals surface area (Å²) in [5.41, 5.74) is -0.513. The third-order valence-corrected chi connectivity index (χ3v) is 2.51. The van der Waals surface area contributed by atoms with Gasteiger partial charge in [0.15, 0.2) is 0 Å². The fourth-order valence-corrected chi connectivity index (χ4v) is 1.74. The number of amides is 1. The molecule has 1 fully saturated rings. The van der Waals surface area contributed by atoms with Gasteiger partial charge in [0.25, 0.3) is 0 Å². The van der Waals surface area contributed by atoms with Gasteiger partial charge in [-0.05, 0) is 20.8 Å². The highest BCUT2D eigenvalue weighted by molar-refractivity contribution is 5.68. The van der Waals surface area contributed by atoms with Crippen LogP contribution in [0.25, 0.3) is 0 Å². The number of hydrogen-bond acceptors (Lipinski definition) is 5. The number of nitrogens with zero attached hydrogens (tertiary/aromatic N) is 3. The number of ether oxygens (including phenoxy) is 2. The van der Waals surface area contributed by atoms with Gasteiger partial charge in [0.05, 0.1) is 13.2 Å². The molecule has 0 spiro atoms. The average molecular weight is 254 g/mol. The van der Waals surface area contributed by atoms with Crippen LogP contribution in [0.5, 0.6) is 0 Å². The van der Waals surface area contributed by atoms with Crippen molar-refractivity contribution in [2.24, 2.45) is 0 Å². The van der Waals surface area contributed by atoms with Crippen molar-refractivity contribution in [2.75, 3.05) is 19.8 Å². The van der Waals surface area contributed by atoms with Gasteiger partial charge in [-0.3, -0.25) is 10.00 Å². The molecule has 0 bridgehead atoms. The monoisotopic (exact) mass is 254 g/mol. The second kappa shape index (κ2) is 4.93. The lowest BCUT2D eigenvalue weighted by Crippen LogP contribution is -2.46. The quantitative estimate of drug-likeness (QED) is 0.812. The van der Waals surface area contributed by atoms with Crippen LogP contribution in [0.15, 0.2) is 6.33 Å². The summed E-state index contributed by atoms with van der Waals surface area (Å²) in [6.07, 6.45) is 1.06. The molecular formula is C11H18N4O3. The van der Waals surface area contributed by atoms with Crippen LogP contribution in [0.4, 0.5) is 4.79 Å². The molecule has 0 aromatic carbocycles. The highest BCUT2D eigenvalue weighted by atomic mass is 16.6. The van der Waals surface area contributed by atoms with Gasteiger partial charge in [-0.1, -0.05) is 0 Å². The van der Waals surface area contributed by atoms with E-state index in [1.807, 2.05) is 20.8 Å². The first-order valence-corrected chi connectivity index (χ1v) is 5.90. The van der Waals surface area contributed by atoms with Crippen LogP contribution in [0.1, 0.15) is 32.6 Å². The third-order valence-electron chi connectivity index (χ3n) is 2.51. The molecule has 7 heteroatoms. The van der Waals surface area contributed by atoms with Crippen molar-refractivity contribution in [1.29, 1.82) is 0 Å². The Balaban J connectivity index is 2.11. The highest BCUT2D eigenvalue weighted by Crippen LogP contribution is 2.23. The fourth-order valence-electron chi connectivity index (χ4n) is 1.74. The van der Waals surface area contributed by atoms with Crippen LogP contribution in [0.3, 0.4) is 0 Å². The molecule has 7 nitrogen and oxygen atoms in total. The molecule has 1 aliphatic heterocycles. The molecule has 1 aliphatic rings. The lowest BCUT2D eigenvalue weighted by atomic mass is 10.2. The summed E-state index contributed by atoms with van der Waals surface area (Å²) >= 11 is 0. The van der Waals surface area contributed by atoms with Crippen molar-refractivity contribution in [3.8, 4) is 0 Å². The van der Waals surface area contributed by atoms with Crippen molar-refractivity contribution in [2.45, 2.75) is 32.4 Å². The van der Waals surface area contributed by atoms with Crippen molar-refractivity contribution in [3.63, 3.8) is 0 Å². The van der Waals surface area contributed by atoms with Crippen molar-refractivity contribution >= 4 is 6.09 Å². The molecule has 1 aromatic rings. The molecule has 2 heterocycles. The normalized spacial score (nSPS) is 20.8. The zero-order chi connectivity index (χ0) is 13.2. The topological polar surface area (TPSA) is 80.3 Å². The average Bonchev–Trinajstić information content (AvgIpc) is 2.80. The van der Waals surface area contributed by atoms with Gasteiger partial charge in [-0.2, -0.15) is 5.10 Å². The molecule has 18 heavy (non-hydrogen) atoms. The molecule has 1 amide bonds. The first-order chi connectivity index (χ1) is 8.47. The molecule has 1 aromatic heterocycles. The molecule has 1 atom stereocenters. The summed E-state index contributed by atoms with van der Waals surface area (Å²) in [5.74, 6) is 0.612. The Labute approximate surface area is 105 Å². The number of nitrogens with one attached hydrogen (secondary N) is 1. The van der Waals surface area contributed by atoms with Crippen molar-refractivity contribution in [1.82, 2.24) is 20.1 Å². The lowest BCUT2D eigenvalue weighted by Gasteiger charge is -2.35. The maximum Gasteiger partial charge on any atom is 0.411 e. The summed E-state index contributed by atoms with van der Waals surface area (Å²) in [7, 11) is 0. The van der Waals surface area contributed by atoms with Crippen LogP contribution in [0.2, 0.25) is 0 Å². The second-order valence-corrected chi connectivity index (χ2v) is 5.14. The Morgan fingerprint density at radius 3 is 3.00 bits per heavy atom. The standard InChI is InChI=1S/C11H18N4O3/c1-11(2,3)18-10(16)15-4-5-17-6-8(15)9-12-7-13-14-9/h7-8H,4-6H2,1-3H3,(H,12,13,14). The fraction of sp³-hybridized carbons (Fsp3) is 0.727. The van der Waals surface area contributed by atoms with Crippen LogP contribution in [-0.2, 0) is 9.47 Å². The van der Waals surface area contributed by atoms with E-state index in [-0.39, 0.29) is 12.1 Å². The minimum Gasteiger partial charge on any atom is -0.444 e. The molecule has 1 saturated heterocycles. The first kappa shape index (κ1) is 12.8. The maximum absolute atomic E-state index is 12.1. The van der Waals surface area contributed by atoms with Gasteiger partial charge >= 0.3 is 6.09 Å². The summed E-state index contributed by atoms with van der Waals surface area (Å²) in [4.78, 5) is 17.8. The molecule has 2 rings (SSSR count). The zero-order valence-electron chi connectivity index (χ0n) is 10.8. The van der Waals surface area contributed by atoms with E-state index in [2.05, 4.69) is 15.2 Å². The molecule has 0 aliphatic carbocycles. The Morgan fingerprint density at radius 1 is 1.61 bits per heavy atom. The Bertz CT molecular complexity index is 399. The predicted octanol–water partition coefficient (Wildman–Crippen LogP) is 1.11. The molecule has 0 radical (unpaired) electrons. The van der Waals surface area contributed by atoms with Gasteiger partial charge in [0.2, 0.25) is 0 Å².